The number of esters is 1. The van der Waals surface area contributed by atoms with Gasteiger partial charge in [-0.25, -0.2) is 0 Å². The van der Waals surface area contributed by atoms with E-state index < -0.39 is 5.97 Å². The molecule has 0 radical (unpaired) electrons. The lowest BCUT2D eigenvalue weighted by molar-refractivity contribution is -0.149. The van der Waals surface area contributed by atoms with Crippen molar-refractivity contribution < 1.29 is 19.4 Å². The summed E-state index contributed by atoms with van der Waals surface area (Å²) in [5, 5.41) is 12.3. The van der Waals surface area contributed by atoms with E-state index in [0.717, 1.165) is 18.9 Å². The smallest absolute Gasteiger partial charge is 0.317 e. The minimum absolute atomic E-state index is 0.0187. The number of carboxylic acids is 1. The van der Waals surface area contributed by atoms with Crippen molar-refractivity contribution in [1.82, 2.24) is 10.2 Å². The van der Waals surface area contributed by atoms with E-state index in [1.807, 2.05) is 4.90 Å². The van der Waals surface area contributed by atoms with Gasteiger partial charge in [0, 0.05) is 19.1 Å². The Bertz CT molecular complexity index is 344. The molecule has 0 amide bonds. The molecule has 1 saturated carbocycles. The van der Waals surface area contributed by atoms with Gasteiger partial charge >= 0.3 is 11.9 Å². The molecule has 108 valence electrons. The average molecular weight is 270 g/mol. The van der Waals surface area contributed by atoms with Crippen molar-refractivity contribution >= 4 is 11.9 Å². The highest BCUT2D eigenvalue weighted by atomic mass is 16.5. The Morgan fingerprint density at radius 1 is 1.37 bits per heavy atom. The molecule has 1 heterocycles. The van der Waals surface area contributed by atoms with Gasteiger partial charge in [-0.2, -0.15) is 0 Å². The van der Waals surface area contributed by atoms with E-state index in [-0.39, 0.29) is 24.5 Å². The van der Waals surface area contributed by atoms with Crippen LogP contribution in [0.15, 0.2) is 0 Å². The third kappa shape index (κ3) is 4.47. The molecule has 2 fully saturated rings. The average Bonchev–Trinajstić information content (AvgIpc) is 3.18. The first-order chi connectivity index (χ1) is 9.08. The molecule has 6 heteroatoms. The highest BCUT2D eigenvalue weighted by Gasteiger charge is 2.33. The zero-order valence-corrected chi connectivity index (χ0v) is 11.3. The van der Waals surface area contributed by atoms with Crippen LogP contribution in [0.1, 0.15) is 19.3 Å². The van der Waals surface area contributed by atoms with Crippen LogP contribution in [0.2, 0.25) is 0 Å². The maximum absolute atomic E-state index is 11.7. The van der Waals surface area contributed by atoms with Crippen LogP contribution in [-0.4, -0.2) is 61.3 Å². The highest BCUT2D eigenvalue weighted by molar-refractivity contribution is 5.73. The number of ether oxygens (including phenoxy) is 1. The van der Waals surface area contributed by atoms with Crippen molar-refractivity contribution in [2.45, 2.75) is 25.3 Å². The summed E-state index contributed by atoms with van der Waals surface area (Å²) in [6.07, 6.45) is 3.29. The van der Waals surface area contributed by atoms with Gasteiger partial charge in [-0.05, 0) is 31.7 Å². The van der Waals surface area contributed by atoms with E-state index in [0.29, 0.717) is 13.1 Å². The summed E-state index contributed by atoms with van der Waals surface area (Å²) in [6, 6.07) is 0.179. The lowest BCUT2D eigenvalue weighted by atomic mass is 9.94. The normalized spacial score (nSPS) is 28.1. The second kappa shape index (κ2) is 6.34. The molecule has 0 aromatic carbocycles. The summed E-state index contributed by atoms with van der Waals surface area (Å²) in [5.74, 6) is -0.555. The van der Waals surface area contributed by atoms with Crippen LogP contribution in [0.3, 0.4) is 0 Å². The quantitative estimate of drug-likeness (QED) is 0.658. The number of carbonyl (C=O) groups excluding carboxylic acids is 1. The number of nitrogens with zero attached hydrogens (tertiary/aromatic N) is 1. The number of rotatable bonds is 6. The summed E-state index contributed by atoms with van der Waals surface area (Å²) < 4.78 is 4.79. The molecule has 2 aliphatic rings. The van der Waals surface area contributed by atoms with E-state index >= 15 is 0 Å². The van der Waals surface area contributed by atoms with Crippen molar-refractivity contribution in [1.29, 1.82) is 0 Å². The van der Waals surface area contributed by atoms with Gasteiger partial charge < -0.3 is 15.2 Å². The number of hydrogen-bond donors (Lipinski definition) is 2. The summed E-state index contributed by atoms with van der Waals surface area (Å²) in [7, 11) is 1.38. The number of likely N-dealkylation sites (tertiary alicyclic amines) is 1. The van der Waals surface area contributed by atoms with E-state index in [9.17, 15) is 9.59 Å². The van der Waals surface area contributed by atoms with Gasteiger partial charge in [0.05, 0.1) is 19.6 Å². The number of carbonyl (C=O) groups is 2. The van der Waals surface area contributed by atoms with Crippen LogP contribution in [0.4, 0.5) is 0 Å². The maximum Gasteiger partial charge on any atom is 0.317 e. The molecule has 19 heavy (non-hydrogen) atoms. The molecular formula is C13H22N2O4. The molecule has 2 unspecified atom stereocenters. The first kappa shape index (κ1) is 14.3. The predicted octanol–water partition coefficient (Wildman–Crippen LogP) is -0.0659. The van der Waals surface area contributed by atoms with Crippen molar-refractivity contribution in [2.24, 2.45) is 11.8 Å². The summed E-state index contributed by atoms with van der Waals surface area (Å²) >= 11 is 0. The Kier molecular flexibility index (Phi) is 4.76. The fourth-order valence-corrected chi connectivity index (χ4v) is 2.65. The van der Waals surface area contributed by atoms with Crippen molar-refractivity contribution in [3.05, 3.63) is 0 Å². The second-order valence-electron chi connectivity index (χ2n) is 5.59. The van der Waals surface area contributed by atoms with Gasteiger partial charge in [-0.3, -0.25) is 14.5 Å². The lowest BCUT2D eigenvalue weighted by Gasteiger charge is -2.36. The fraction of sp³-hybridized carbons (Fsp3) is 0.846. The minimum Gasteiger partial charge on any atom is -0.480 e. The van der Waals surface area contributed by atoms with Crippen molar-refractivity contribution in [2.75, 3.05) is 33.3 Å². The highest BCUT2D eigenvalue weighted by Crippen LogP contribution is 2.28. The SMILES string of the molecule is COC(=O)C1CC(NCC2CC2)CN(CC(=O)O)C1. The van der Waals surface area contributed by atoms with Crippen LogP contribution >= 0.6 is 0 Å². The number of nitrogens with one attached hydrogen (secondary N) is 1. The van der Waals surface area contributed by atoms with Gasteiger partial charge in [-0.1, -0.05) is 0 Å². The molecule has 0 bridgehead atoms. The Hall–Kier alpha value is -1.14. The molecule has 2 atom stereocenters. The summed E-state index contributed by atoms with van der Waals surface area (Å²) in [4.78, 5) is 24.3. The van der Waals surface area contributed by atoms with Crippen LogP contribution in [0.5, 0.6) is 0 Å². The third-order valence-electron chi connectivity index (χ3n) is 3.81. The Balaban J connectivity index is 1.89. The number of aliphatic carboxylic acids is 1. The number of carboxylic acid groups (broad SMARTS) is 1. The minimum atomic E-state index is -0.855. The van der Waals surface area contributed by atoms with Crippen LogP contribution < -0.4 is 5.32 Å². The molecule has 1 aliphatic heterocycles. The standard InChI is InChI=1S/C13H22N2O4/c1-19-13(18)10-4-11(14-5-9-2-3-9)7-15(6-10)8-12(16)17/h9-11,14H,2-8H2,1H3,(H,16,17). The van der Waals surface area contributed by atoms with Gasteiger partial charge in [0.15, 0.2) is 0 Å². The first-order valence-corrected chi connectivity index (χ1v) is 6.84. The van der Waals surface area contributed by atoms with Crippen molar-refractivity contribution in [3.8, 4) is 0 Å². The molecule has 0 aromatic rings. The Morgan fingerprint density at radius 2 is 2.11 bits per heavy atom. The summed E-state index contributed by atoms with van der Waals surface area (Å²) in [6.45, 7) is 2.11. The maximum atomic E-state index is 11.7. The number of hydrogen-bond acceptors (Lipinski definition) is 5. The zero-order chi connectivity index (χ0) is 13.8. The van der Waals surface area contributed by atoms with Crippen molar-refractivity contribution in [3.63, 3.8) is 0 Å². The monoisotopic (exact) mass is 270 g/mol. The number of methoxy groups -OCH3 is 1. The van der Waals surface area contributed by atoms with Gasteiger partial charge in [0.25, 0.3) is 0 Å². The largest absolute Gasteiger partial charge is 0.480 e. The third-order valence-corrected chi connectivity index (χ3v) is 3.81. The van der Waals surface area contributed by atoms with E-state index in [1.165, 1.54) is 20.0 Å². The molecule has 0 spiro atoms. The van der Waals surface area contributed by atoms with E-state index in [2.05, 4.69) is 5.32 Å². The molecule has 1 saturated heterocycles. The van der Waals surface area contributed by atoms with Gasteiger partial charge in [-0.15, -0.1) is 0 Å². The number of piperidine rings is 1. The van der Waals surface area contributed by atoms with E-state index in [4.69, 9.17) is 9.84 Å². The summed E-state index contributed by atoms with van der Waals surface area (Å²) in [5.41, 5.74) is 0. The van der Waals surface area contributed by atoms with Crippen LogP contribution in [-0.2, 0) is 14.3 Å². The zero-order valence-electron chi connectivity index (χ0n) is 11.3. The second-order valence-corrected chi connectivity index (χ2v) is 5.59. The Morgan fingerprint density at radius 3 is 2.68 bits per heavy atom. The molecule has 2 rings (SSSR count). The fourth-order valence-electron chi connectivity index (χ4n) is 2.65. The molecule has 6 nitrogen and oxygen atoms in total. The first-order valence-electron chi connectivity index (χ1n) is 6.84. The van der Waals surface area contributed by atoms with Gasteiger partial charge in [0.1, 0.15) is 0 Å². The van der Waals surface area contributed by atoms with Crippen LogP contribution in [0.25, 0.3) is 0 Å². The van der Waals surface area contributed by atoms with Crippen LogP contribution in [0, 0.1) is 11.8 Å². The molecule has 2 N–H and O–H groups in total. The molecular weight excluding hydrogens is 248 g/mol. The Labute approximate surface area is 113 Å². The van der Waals surface area contributed by atoms with Gasteiger partial charge in [0.2, 0.25) is 0 Å². The lowest BCUT2D eigenvalue weighted by Crippen LogP contribution is -2.52. The molecule has 0 aromatic heterocycles. The topological polar surface area (TPSA) is 78.9 Å². The molecule has 1 aliphatic carbocycles. The van der Waals surface area contributed by atoms with E-state index in [1.54, 1.807) is 0 Å². The predicted molar refractivity (Wildman–Crippen MR) is 68.7 cm³/mol.